The predicted octanol–water partition coefficient (Wildman–Crippen LogP) is 21.2. The molecule has 0 radical (unpaired) electrons. The van der Waals surface area contributed by atoms with Crippen molar-refractivity contribution in [3.8, 4) is 134 Å². The lowest BCUT2D eigenvalue weighted by Crippen LogP contribution is -1.89. The molecule has 0 saturated carbocycles. The second-order valence-electron chi connectivity index (χ2n) is 21.6. The molecule has 0 unspecified atom stereocenters. The molecule has 0 aliphatic heterocycles. The SMILES string of the molecule is c1cncc(-c2cccc(-c3cc(-c4cccc(-c5cccnc5)c4)cc(-c4cccc(-c5ccc6oc7ccc(-c8cccc(-c9cc(-c%10cccc(-c%11cccnc%11)c%10)cc(-c%10cccc(-c%11cccnc%11)c%10)c9)c8)cc7c6c5)c4)c3)c2)c1. The first-order valence-electron chi connectivity index (χ1n) is 28.6. The Hall–Kier alpha value is -11.4. The smallest absolute Gasteiger partial charge is 0.135 e. The summed E-state index contributed by atoms with van der Waals surface area (Å²) in [7, 11) is 0. The van der Waals surface area contributed by atoms with Crippen molar-refractivity contribution in [2.45, 2.75) is 0 Å². The van der Waals surface area contributed by atoms with Crippen LogP contribution >= 0.6 is 0 Å². The Morgan fingerprint density at radius 1 is 0.165 bits per heavy atom. The normalized spacial score (nSPS) is 11.3. The summed E-state index contributed by atoms with van der Waals surface area (Å²) in [5.74, 6) is 0. The Morgan fingerprint density at radius 2 is 0.353 bits per heavy atom. The minimum absolute atomic E-state index is 0.852. The summed E-state index contributed by atoms with van der Waals surface area (Å²) in [6.45, 7) is 0. The van der Waals surface area contributed by atoms with Crippen molar-refractivity contribution < 1.29 is 4.42 Å². The summed E-state index contributed by atoms with van der Waals surface area (Å²) in [4.78, 5) is 17.7. The maximum atomic E-state index is 6.57. The molecule has 5 heterocycles. The molecule has 0 fully saturated rings. The van der Waals surface area contributed by atoms with Gasteiger partial charge >= 0.3 is 0 Å². The Bertz CT molecular complexity index is 4430. The molecule has 15 aromatic rings. The zero-order chi connectivity index (χ0) is 56.5. The van der Waals surface area contributed by atoms with Crippen molar-refractivity contribution in [2.24, 2.45) is 0 Å². The molecule has 5 heteroatoms. The third kappa shape index (κ3) is 10.4. The van der Waals surface area contributed by atoms with Gasteiger partial charge in [0.2, 0.25) is 0 Å². The van der Waals surface area contributed by atoms with Crippen molar-refractivity contribution in [1.82, 2.24) is 19.9 Å². The van der Waals surface area contributed by atoms with E-state index in [4.69, 9.17) is 4.42 Å². The lowest BCUT2D eigenvalue weighted by Gasteiger charge is -2.14. The molecule has 0 amide bonds. The van der Waals surface area contributed by atoms with Crippen molar-refractivity contribution in [1.29, 1.82) is 0 Å². The maximum absolute atomic E-state index is 6.57. The molecule has 5 aromatic heterocycles. The Morgan fingerprint density at radius 3 is 0.576 bits per heavy atom. The van der Waals surface area contributed by atoms with Gasteiger partial charge in [0.1, 0.15) is 11.2 Å². The van der Waals surface area contributed by atoms with Crippen LogP contribution in [0.1, 0.15) is 0 Å². The predicted molar refractivity (Wildman–Crippen MR) is 350 cm³/mol. The summed E-state index contributed by atoms with van der Waals surface area (Å²) in [6.07, 6.45) is 15.0. The van der Waals surface area contributed by atoms with Crippen LogP contribution in [0.15, 0.2) is 321 Å². The van der Waals surface area contributed by atoms with E-state index < -0.39 is 0 Å². The average molecular weight is 1090 g/mol. The van der Waals surface area contributed by atoms with Crippen LogP contribution in [0, 0.1) is 0 Å². The van der Waals surface area contributed by atoms with E-state index in [1.807, 2.05) is 73.8 Å². The third-order valence-corrected chi connectivity index (χ3v) is 16.2. The molecule has 0 bridgehead atoms. The van der Waals surface area contributed by atoms with Gasteiger partial charge in [-0.25, -0.2) is 0 Å². The lowest BCUT2D eigenvalue weighted by atomic mass is 9.90. The molecule has 5 nitrogen and oxygen atoms in total. The van der Waals surface area contributed by atoms with Gasteiger partial charge in [-0.2, -0.15) is 0 Å². The summed E-state index contributed by atoms with van der Waals surface area (Å²) >= 11 is 0. The number of benzene rings is 10. The van der Waals surface area contributed by atoms with E-state index in [-0.39, 0.29) is 0 Å². The van der Waals surface area contributed by atoms with Gasteiger partial charge in [0.25, 0.3) is 0 Å². The molecule has 10 aromatic carbocycles. The molecular formula is C80H52N4O. The zero-order valence-electron chi connectivity index (χ0n) is 46.2. The van der Waals surface area contributed by atoms with Crippen molar-refractivity contribution in [3.63, 3.8) is 0 Å². The van der Waals surface area contributed by atoms with E-state index in [0.29, 0.717) is 0 Å². The summed E-state index contributed by atoms with van der Waals surface area (Å²) in [5, 5.41) is 2.14. The minimum atomic E-state index is 0.852. The van der Waals surface area contributed by atoms with Gasteiger partial charge in [-0.3, -0.25) is 19.9 Å². The largest absolute Gasteiger partial charge is 0.456 e. The summed E-state index contributed by atoms with van der Waals surface area (Å²) in [5.41, 5.74) is 28.6. The topological polar surface area (TPSA) is 64.7 Å². The summed E-state index contributed by atoms with van der Waals surface area (Å²) < 4.78 is 6.57. The molecule has 15 rings (SSSR count). The Labute approximate surface area is 493 Å². The van der Waals surface area contributed by atoms with Crippen LogP contribution in [0.5, 0.6) is 0 Å². The third-order valence-electron chi connectivity index (χ3n) is 16.2. The molecule has 0 atom stereocenters. The first-order valence-corrected chi connectivity index (χ1v) is 28.6. The quantitative estimate of drug-likeness (QED) is 0.122. The second-order valence-corrected chi connectivity index (χ2v) is 21.6. The van der Waals surface area contributed by atoms with Gasteiger partial charge in [-0.15, -0.1) is 0 Å². The average Bonchev–Trinajstić information content (AvgIpc) is 4.16. The first kappa shape index (κ1) is 50.6. The minimum Gasteiger partial charge on any atom is -0.456 e. The number of hydrogen-bond donors (Lipinski definition) is 0. The monoisotopic (exact) mass is 1080 g/mol. The van der Waals surface area contributed by atoms with E-state index in [1.165, 1.54) is 0 Å². The molecule has 0 saturated heterocycles. The van der Waals surface area contributed by atoms with Crippen LogP contribution in [-0.4, -0.2) is 19.9 Å². The highest BCUT2D eigenvalue weighted by Crippen LogP contribution is 2.41. The fraction of sp³-hybridized carbons (Fsp3) is 0. The number of furan rings is 1. The van der Waals surface area contributed by atoms with E-state index >= 15 is 0 Å². The van der Waals surface area contributed by atoms with Gasteiger partial charge < -0.3 is 4.42 Å². The van der Waals surface area contributed by atoms with Crippen LogP contribution in [0.4, 0.5) is 0 Å². The molecule has 398 valence electrons. The highest BCUT2D eigenvalue weighted by atomic mass is 16.3. The highest BCUT2D eigenvalue weighted by Gasteiger charge is 2.16. The first-order chi connectivity index (χ1) is 42.0. The van der Waals surface area contributed by atoms with Gasteiger partial charge in [0.15, 0.2) is 0 Å². The molecule has 0 spiro atoms. The van der Waals surface area contributed by atoms with E-state index in [9.17, 15) is 0 Å². The number of nitrogens with zero attached hydrogens (tertiary/aromatic N) is 4. The number of pyridine rings is 4. The van der Waals surface area contributed by atoms with Gasteiger partial charge in [-0.1, -0.05) is 146 Å². The zero-order valence-corrected chi connectivity index (χ0v) is 46.2. The van der Waals surface area contributed by atoms with E-state index in [2.05, 4.69) is 263 Å². The van der Waals surface area contributed by atoms with Crippen molar-refractivity contribution >= 4 is 21.9 Å². The second kappa shape index (κ2) is 22.2. The van der Waals surface area contributed by atoms with Crippen LogP contribution in [0.3, 0.4) is 0 Å². The van der Waals surface area contributed by atoms with Crippen LogP contribution < -0.4 is 0 Å². The van der Waals surface area contributed by atoms with Gasteiger partial charge in [0, 0.05) is 82.6 Å². The van der Waals surface area contributed by atoms with Crippen LogP contribution in [0.25, 0.3) is 155 Å². The fourth-order valence-corrected chi connectivity index (χ4v) is 11.8. The molecular weight excluding hydrogens is 1030 g/mol. The lowest BCUT2D eigenvalue weighted by molar-refractivity contribution is 0.669. The van der Waals surface area contributed by atoms with Gasteiger partial charge in [-0.05, 0) is 233 Å². The highest BCUT2D eigenvalue weighted by molar-refractivity contribution is 6.08. The number of fused-ring (bicyclic) bond motifs is 3. The molecule has 0 aliphatic rings. The van der Waals surface area contributed by atoms with Crippen LogP contribution in [-0.2, 0) is 0 Å². The van der Waals surface area contributed by atoms with Crippen molar-refractivity contribution in [2.75, 3.05) is 0 Å². The number of aromatic nitrogens is 4. The Kier molecular flexibility index (Phi) is 13.2. The van der Waals surface area contributed by atoms with E-state index in [1.54, 1.807) is 0 Å². The maximum Gasteiger partial charge on any atom is 0.135 e. The molecule has 85 heavy (non-hydrogen) atoms. The molecule has 0 aliphatic carbocycles. The van der Waals surface area contributed by atoms with Crippen LogP contribution in [0.2, 0.25) is 0 Å². The number of hydrogen-bond acceptors (Lipinski definition) is 5. The fourth-order valence-electron chi connectivity index (χ4n) is 11.8. The Balaban J connectivity index is 0.789. The van der Waals surface area contributed by atoms with Crippen molar-refractivity contribution in [3.05, 3.63) is 316 Å². The number of rotatable bonds is 12. The summed E-state index contributed by atoms with van der Waals surface area (Å²) in [6, 6.07) is 96.3. The van der Waals surface area contributed by atoms with E-state index in [0.717, 1.165) is 155 Å². The molecule has 0 N–H and O–H groups in total. The van der Waals surface area contributed by atoms with Gasteiger partial charge in [0.05, 0.1) is 0 Å². The standard InChI is InChI=1S/C80H52N4O/c1-11-53(35-59(17-1)71-41-73(61-19-3-13-55(37-61)67-23-7-31-81-49-67)45-74(42-71)62-20-4-14-56(38-62)68-24-8-32-82-50-68)65-27-29-79-77(47-65)78-48-66(28-30-80(78)85-79)54-12-2-18-60(36-54)72-43-75(63-21-5-15-57(39-63)69-25-9-33-83-51-69)46-76(44-72)64-22-6-16-58(40-64)70-26-10-34-84-52-70/h1-52H.